The van der Waals surface area contributed by atoms with Gasteiger partial charge in [-0.15, -0.1) is 0 Å². The predicted molar refractivity (Wildman–Crippen MR) is 209 cm³/mol. The highest BCUT2D eigenvalue weighted by Crippen LogP contribution is 2.67. The van der Waals surface area contributed by atoms with Crippen LogP contribution in [0, 0.1) is 46.3 Å². The van der Waals surface area contributed by atoms with Crippen molar-refractivity contribution in [2.45, 2.75) is 144 Å². The number of azo groups is 1. The van der Waals surface area contributed by atoms with Crippen LogP contribution in [0.3, 0.4) is 0 Å². The van der Waals surface area contributed by atoms with Crippen molar-refractivity contribution in [3.63, 3.8) is 0 Å². The Morgan fingerprint density at radius 3 is 2.29 bits per heavy atom. The van der Waals surface area contributed by atoms with Crippen molar-refractivity contribution in [1.82, 2.24) is 0 Å². The molecule has 2 aromatic carbocycles. The van der Waals surface area contributed by atoms with Crippen molar-refractivity contribution in [3.8, 4) is 5.75 Å². The van der Waals surface area contributed by atoms with Crippen LogP contribution in [0.5, 0.6) is 5.75 Å². The maximum Gasteiger partial charge on any atom is 0.309 e. The highest BCUT2D eigenvalue weighted by Gasteiger charge is 2.59. The van der Waals surface area contributed by atoms with Gasteiger partial charge in [0.05, 0.1) is 24.4 Å². The van der Waals surface area contributed by atoms with Crippen molar-refractivity contribution in [2.24, 2.45) is 56.6 Å². The highest BCUT2D eigenvalue weighted by atomic mass is 16.5. The van der Waals surface area contributed by atoms with Gasteiger partial charge in [0.25, 0.3) is 0 Å². The van der Waals surface area contributed by atoms with Gasteiger partial charge in [-0.3, -0.25) is 4.79 Å². The molecular weight excluding hydrogens is 629 g/mol. The van der Waals surface area contributed by atoms with Crippen LogP contribution < -0.4 is 4.74 Å². The number of hydrogen-bond donors (Lipinski definition) is 0. The lowest BCUT2D eigenvalue weighted by molar-refractivity contribution is -0.152. The summed E-state index contributed by atoms with van der Waals surface area (Å²) in [6.45, 7) is 15.1. The third-order valence-electron chi connectivity index (χ3n) is 14.0. The number of aryl methyl sites for hydroxylation is 1. The zero-order chi connectivity index (χ0) is 36.0. The second kappa shape index (κ2) is 16.8. The normalized spacial score (nSPS) is 30.7. The number of nitrogens with zero attached hydrogens (tertiary/aromatic N) is 2. The Morgan fingerprint density at radius 2 is 1.59 bits per heavy atom. The molecule has 0 heterocycles. The van der Waals surface area contributed by atoms with Gasteiger partial charge in [-0.1, -0.05) is 91.0 Å². The average molecular weight is 695 g/mol. The second-order valence-electron chi connectivity index (χ2n) is 17.7. The number of hydrogen-bond acceptors (Lipinski definition) is 5. The molecule has 0 amide bonds. The SMILES string of the molecule is CCCCc1ccc(N=Nc2ccc(OCCC(=O)O[C@H]3CC[C@@]4(C)C(=CC[C@H]5[C@@H]6CC[C@H]([C@H](C)CCCC(C)C)[C@@]6(C)CC[C@@H]54)C3)cc2)cc1. The molecule has 0 unspecified atom stereocenters. The standard InChI is InChI=1S/C46H66N2O3/c1-7-8-12-34-13-16-36(17-14-34)47-48-37-18-20-38(21-19-37)50-30-27-44(49)51-39-25-28-45(5)35(31-39)15-22-40-42-24-23-41(33(4)11-9-10-32(2)3)46(42,6)29-26-43(40)45/h13-21,32-33,39-43H,7-12,22-31H2,1-6H3/t33-,39+,40+,41-,42+,43+,45+,46-/m1/s1. The molecular formula is C46H66N2O3. The van der Waals surface area contributed by atoms with E-state index in [-0.39, 0.29) is 23.9 Å². The zero-order valence-corrected chi connectivity index (χ0v) is 32.7. The van der Waals surface area contributed by atoms with Crippen LogP contribution in [-0.2, 0) is 16.0 Å². The van der Waals surface area contributed by atoms with Crippen LogP contribution in [0.2, 0.25) is 0 Å². The molecule has 2 aromatic rings. The van der Waals surface area contributed by atoms with Crippen LogP contribution in [-0.4, -0.2) is 18.7 Å². The lowest BCUT2D eigenvalue weighted by Gasteiger charge is -2.58. The average Bonchev–Trinajstić information content (AvgIpc) is 3.48. The van der Waals surface area contributed by atoms with E-state index in [4.69, 9.17) is 9.47 Å². The Labute approximate surface area is 309 Å². The molecule has 0 aliphatic heterocycles. The molecule has 0 saturated heterocycles. The summed E-state index contributed by atoms with van der Waals surface area (Å²) < 4.78 is 12.0. The van der Waals surface area contributed by atoms with Gasteiger partial charge in [0, 0.05) is 6.42 Å². The third kappa shape index (κ3) is 8.82. The van der Waals surface area contributed by atoms with E-state index in [0.717, 1.165) is 78.3 Å². The minimum atomic E-state index is -0.156. The molecule has 3 fully saturated rings. The van der Waals surface area contributed by atoms with Crippen LogP contribution >= 0.6 is 0 Å². The largest absolute Gasteiger partial charge is 0.493 e. The molecule has 4 aliphatic rings. The van der Waals surface area contributed by atoms with Gasteiger partial charge >= 0.3 is 5.97 Å². The molecule has 0 N–H and O–H groups in total. The number of unbranched alkanes of at least 4 members (excludes halogenated alkanes) is 1. The summed E-state index contributed by atoms with van der Waals surface area (Å²) in [6, 6.07) is 15.8. The van der Waals surface area contributed by atoms with E-state index in [1.807, 2.05) is 36.4 Å². The van der Waals surface area contributed by atoms with Crippen LogP contribution in [0.4, 0.5) is 11.4 Å². The van der Waals surface area contributed by atoms with E-state index in [2.05, 4.69) is 70.0 Å². The maximum atomic E-state index is 12.9. The van der Waals surface area contributed by atoms with E-state index in [0.29, 0.717) is 12.0 Å². The molecule has 51 heavy (non-hydrogen) atoms. The Balaban J connectivity index is 0.947. The topological polar surface area (TPSA) is 60.2 Å². The number of carbonyl (C=O) groups excluding carboxylic acids is 1. The van der Waals surface area contributed by atoms with Crippen LogP contribution in [0.1, 0.15) is 137 Å². The summed E-state index contributed by atoms with van der Waals surface area (Å²) in [7, 11) is 0. The van der Waals surface area contributed by atoms with E-state index in [1.54, 1.807) is 5.57 Å². The van der Waals surface area contributed by atoms with Gasteiger partial charge in [-0.2, -0.15) is 10.2 Å². The fourth-order valence-electron chi connectivity index (χ4n) is 11.1. The number of benzene rings is 2. The quantitative estimate of drug-likeness (QED) is 0.106. The van der Waals surface area contributed by atoms with E-state index in [9.17, 15) is 4.79 Å². The van der Waals surface area contributed by atoms with Gasteiger partial charge < -0.3 is 9.47 Å². The summed E-state index contributed by atoms with van der Waals surface area (Å²) in [6.07, 6.45) is 20.4. The smallest absolute Gasteiger partial charge is 0.309 e. The maximum absolute atomic E-state index is 12.9. The zero-order valence-electron chi connectivity index (χ0n) is 32.7. The number of fused-ring (bicyclic) bond motifs is 5. The lowest BCUT2D eigenvalue weighted by Crippen LogP contribution is -2.51. The van der Waals surface area contributed by atoms with Gasteiger partial charge in [-0.05, 0) is 146 Å². The van der Waals surface area contributed by atoms with Gasteiger partial charge in [0.15, 0.2) is 0 Å². The minimum Gasteiger partial charge on any atom is -0.493 e. The molecule has 278 valence electrons. The number of rotatable bonds is 15. The molecule has 3 saturated carbocycles. The predicted octanol–water partition coefficient (Wildman–Crippen LogP) is 13.2. The third-order valence-corrected chi connectivity index (χ3v) is 14.0. The summed E-state index contributed by atoms with van der Waals surface area (Å²) >= 11 is 0. The number of esters is 1. The van der Waals surface area contributed by atoms with Crippen LogP contribution in [0.15, 0.2) is 70.4 Å². The summed E-state index contributed by atoms with van der Waals surface area (Å²) in [5.41, 5.74) is 5.30. The Hall–Kier alpha value is -2.95. The molecule has 0 bridgehead atoms. The number of ether oxygens (including phenoxy) is 2. The molecule has 6 rings (SSSR count). The number of carbonyl (C=O) groups is 1. The molecule has 8 atom stereocenters. The fraction of sp³-hybridized carbons (Fsp3) is 0.674. The minimum absolute atomic E-state index is 0.0121. The number of allylic oxidation sites excluding steroid dienone is 1. The van der Waals surface area contributed by atoms with Crippen molar-refractivity contribution < 1.29 is 14.3 Å². The van der Waals surface area contributed by atoms with Gasteiger partial charge in [0.1, 0.15) is 11.9 Å². The molecule has 4 aliphatic carbocycles. The first-order valence-electron chi connectivity index (χ1n) is 20.7. The second-order valence-corrected chi connectivity index (χ2v) is 17.7. The highest BCUT2D eigenvalue weighted by molar-refractivity contribution is 5.69. The van der Waals surface area contributed by atoms with E-state index >= 15 is 0 Å². The van der Waals surface area contributed by atoms with Crippen molar-refractivity contribution >= 4 is 17.3 Å². The summed E-state index contributed by atoms with van der Waals surface area (Å²) in [4.78, 5) is 12.9. The Kier molecular flexibility index (Phi) is 12.5. The molecule has 0 aromatic heterocycles. The lowest BCUT2D eigenvalue weighted by atomic mass is 9.47. The summed E-state index contributed by atoms with van der Waals surface area (Å²) in [5, 5.41) is 8.74. The van der Waals surface area contributed by atoms with Gasteiger partial charge in [-0.25, -0.2) is 0 Å². The molecule has 0 spiro atoms. The van der Waals surface area contributed by atoms with E-state index in [1.165, 1.54) is 69.8 Å². The first-order chi connectivity index (χ1) is 24.6. The Bertz CT molecular complexity index is 1500. The van der Waals surface area contributed by atoms with Crippen molar-refractivity contribution in [2.75, 3.05) is 6.61 Å². The first-order valence-corrected chi connectivity index (χ1v) is 20.7. The summed E-state index contributed by atoms with van der Waals surface area (Å²) in [5.74, 6) is 5.61. The molecule has 5 heteroatoms. The first kappa shape index (κ1) is 37.8. The Morgan fingerprint density at radius 1 is 0.863 bits per heavy atom. The van der Waals surface area contributed by atoms with E-state index < -0.39 is 0 Å². The van der Waals surface area contributed by atoms with Gasteiger partial charge in [0.2, 0.25) is 0 Å². The van der Waals surface area contributed by atoms with Crippen LogP contribution in [0.25, 0.3) is 0 Å². The fourth-order valence-corrected chi connectivity index (χ4v) is 11.1. The molecule has 5 nitrogen and oxygen atoms in total. The van der Waals surface area contributed by atoms with Crippen molar-refractivity contribution in [1.29, 1.82) is 0 Å². The van der Waals surface area contributed by atoms with Crippen molar-refractivity contribution in [3.05, 3.63) is 65.7 Å². The molecule has 0 radical (unpaired) electrons. The monoisotopic (exact) mass is 695 g/mol.